The van der Waals surface area contributed by atoms with E-state index in [1.807, 2.05) is 18.2 Å². The van der Waals surface area contributed by atoms with Crippen LogP contribution in [0.4, 0.5) is 0 Å². The van der Waals surface area contributed by atoms with E-state index < -0.39 is 0 Å². The average molecular weight is 861 g/mol. The summed E-state index contributed by atoms with van der Waals surface area (Å²) in [6.45, 7) is 6.91. The summed E-state index contributed by atoms with van der Waals surface area (Å²) in [4.78, 5) is 16.0. The van der Waals surface area contributed by atoms with Crippen LogP contribution in [0.25, 0.3) is 106 Å². The molecule has 5 nitrogen and oxygen atoms in total. The lowest BCUT2D eigenvalue weighted by Crippen LogP contribution is -2.15. The second-order valence-electron chi connectivity index (χ2n) is 19.1. The first-order chi connectivity index (χ1) is 32.9. The molecule has 14 rings (SSSR count). The molecule has 3 aromatic heterocycles. The van der Waals surface area contributed by atoms with Gasteiger partial charge in [0.1, 0.15) is 11.2 Å². The summed E-state index contributed by atoms with van der Waals surface area (Å²) in [6.07, 6.45) is 8.06. The molecule has 8 aromatic carbocycles. The lowest BCUT2D eigenvalue weighted by Gasteiger charge is -2.22. The molecular formula is C62H44N4O. The van der Waals surface area contributed by atoms with Crippen molar-refractivity contribution in [2.24, 2.45) is 5.92 Å². The second-order valence-corrected chi connectivity index (χ2v) is 19.1. The second kappa shape index (κ2) is 14.2. The number of para-hydroxylation sites is 2. The van der Waals surface area contributed by atoms with Crippen molar-refractivity contribution in [3.63, 3.8) is 0 Å². The first-order valence-corrected chi connectivity index (χ1v) is 23.4. The number of hydrogen-bond acceptors (Lipinski definition) is 4. The number of rotatable bonds is 5. The van der Waals surface area contributed by atoms with Gasteiger partial charge in [-0.3, -0.25) is 0 Å². The van der Waals surface area contributed by atoms with Crippen molar-refractivity contribution in [3.8, 4) is 56.4 Å². The van der Waals surface area contributed by atoms with Crippen LogP contribution in [0.1, 0.15) is 60.9 Å². The third-order valence-corrected chi connectivity index (χ3v) is 14.9. The molecule has 67 heavy (non-hydrogen) atoms. The van der Waals surface area contributed by atoms with Gasteiger partial charge in [-0.05, 0) is 105 Å². The first-order valence-electron chi connectivity index (χ1n) is 23.4. The molecule has 3 heterocycles. The molecule has 0 saturated carbocycles. The van der Waals surface area contributed by atoms with E-state index in [2.05, 4.69) is 195 Å². The Labute approximate surface area is 388 Å². The van der Waals surface area contributed by atoms with Gasteiger partial charge in [0, 0.05) is 55.3 Å². The Morgan fingerprint density at radius 3 is 2.04 bits per heavy atom. The molecule has 0 N–H and O–H groups in total. The molecule has 318 valence electrons. The number of aromatic nitrogens is 4. The Kier molecular flexibility index (Phi) is 8.07. The number of hydrogen-bond donors (Lipinski definition) is 0. The molecule has 2 atom stereocenters. The monoisotopic (exact) mass is 860 g/mol. The molecule has 0 fully saturated rings. The fourth-order valence-electron chi connectivity index (χ4n) is 11.7. The number of fused-ring (bicyclic) bond motifs is 13. The Balaban J connectivity index is 1.03. The van der Waals surface area contributed by atoms with Gasteiger partial charge in [-0.15, -0.1) is 0 Å². The summed E-state index contributed by atoms with van der Waals surface area (Å²) in [5.41, 5.74) is 19.3. The molecule has 0 aliphatic heterocycles. The van der Waals surface area contributed by atoms with Gasteiger partial charge in [-0.2, -0.15) is 0 Å². The molecule has 3 aliphatic rings. The summed E-state index contributed by atoms with van der Waals surface area (Å²) in [6, 6.07) is 61.3. The van der Waals surface area contributed by atoms with Crippen molar-refractivity contribution in [1.82, 2.24) is 19.5 Å². The molecule has 3 aliphatic carbocycles. The molecule has 5 heteroatoms. The Morgan fingerprint density at radius 2 is 1.21 bits per heavy atom. The number of nitrogens with zero attached hydrogens (tertiary/aromatic N) is 4. The van der Waals surface area contributed by atoms with E-state index in [-0.39, 0.29) is 11.3 Å². The number of benzene rings is 8. The Hall–Kier alpha value is -8.15. The van der Waals surface area contributed by atoms with Gasteiger partial charge >= 0.3 is 0 Å². The Bertz CT molecular complexity index is 3960. The van der Waals surface area contributed by atoms with Gasteiger partial charge in [0.05, 0.1) is 11.0 Å². The molecule has 0 amide bonds. The van der Waals surface area contributed by atoms with Gasteiger partial charge < -0.3 is 8.98 Å². The SMILES string of the molecule is CC1C=CC(n2c3ccccc3c3c4c(ccc32)-c2ccccc2C4c2cc(-c3nc(-c4ccccc4)nc(-c4ccc5c(c4)C(C)(C)c4ccccc4-5)n3)cc3oc4ccccc4c23)=CC1. The summed E-state index contributed by atoms with van der Waals surface area (Å²) in [5, 5.41) is 4.73. The third-order valence-electron chi connectivity index (χ3n) is 14.9. The summed E-state index contributed by atoms with van der Waals surface area (Å²) < 4.78 is 9.36. The molecule has 11 aromatic rings. The van der Waals surface area contributed by atoms with Gasteiger partial charge in [-0.1, -0.05) is 166 Å². The fraction of sp³-hybridized carbons (Fsp3) is 0.113. The topological polar surface area (TPSA) is 56.7 Å². The fourth-order valence-corrected chi connectivity index (χ4v) is 11.7. The van der Waals surface area contributed by atoms with Crippen LogP contribution in [0, 0.1) is 5.92 Å². The zero-order valence-electron chi connectivity index (χ0n) is 37.5. The molecule has 0 saturated heterocycles. The lowest BCUT2D eigenvalue weighted by molar-refractivity contribution is 0.660. The Morgan fingerprint density at radius 1 is 0.522 bits per heavy atom. The normalized spacial score (nSPS) is 16.7. The highest BCUT2D eigenvalue weighted by Gasteiger charge is 2.37. The van der Waals surface area contributed by atoms with Crippen LogP contribution < -0.4 is 0 Å². The van der Waals surface area contributed by atoms with Crippen LogP contribution in [0.2, 0.25) is 0 Å². The van der Waals surface area contributed by atoms with Crippen molar-refractivity contribution in [3.05, 3.63) is 216 Å². The number of furan rings is 1. The third kappa shape index (κ3) is 5.58. The van der Waals surface area contributed by atoms with Gasteiger partial charge in [-0.25, -0.2) is 15.0 Å². The largest absolute Gasteiger partial charge is 0.456 e. The van der Waals surface area contributed by atoms with Crippen molar-refractivity contribution in [2.75, 3.05) is 0 Å². The minimum atomic E-state index is -0.171. The zero-order chi connectivity index (χ0) is 44.5. The van der Waals surface area contributed by atoms with Crippen molar-refractivity contribution >= 4 is 49.4 Å². The van der Waals surface area contributed by atoms with E-state index in [0.717, 1.165) is 45.0 Å². The highest BCUT2D eigenvalue weighted by atomic mass is 16.3. The quantitative estimate of drug-likeness (QED) is 0.173. The van der Waals surface area contributed by atoms with E-state index in [9.17, 15) is 0 Å². The van der Waals surface area contributed by atoms with E-state index in [4.69, 9.17) is 19.4 Å². The maximum absolute atomic E-state index is 6.88. The molecule has 2 unspecified atom stereocenters. The van der Waals surface area contributed by atoms with Crippen molar-refractivity contribution < 1.29 is 4.42 Å². The molecular weight excluding hydrogens is 817 g/mol. The maximum atomic E-state index is 6.88. The summed E-state index contributed by atoms with van der Waals surface area (Å²) in [7, 11) is 0. The smallest absolute Gasteiger partial charge is 0.164 e. The molecule has 0 bridgehead atoms. The highest BCUT2D eigenvalue weighted by Crippen LogP contribution is 2.55. The van der Waals surface area contributed by atoms with E-state index in [1.165, 1.54) is 77.6 Å². The van der Waals surface area contributed by atoms with Crippen LogP contribution in [0.3, 0.4) is 0 Å². The van der Waals surface area contributed by atoms with Crippen LogP contribution >= 0.6 is 0 Å². The lowest BCUT2D eigenvalue weighted by atomic mass is 9.82. The zero-order valence-corrected chi connectivity index (χ0v) is 37.5. The summed E-state index contributed by atoms with van der Waals surface area (Å²) >= 11 is 0. The van der Waals surface area contributed by atoms with Crippen LogP contribution in [-0.4, -0.2) is 19.5 Å². The molecule has 0 radical (unpaired) electrons. The van der Waals surface area contributed by atoms with Crippen LogP contribution in [-0.2, 0) is 5.41 Å². The minimum absolute atomic E-state index is 0.121. The van der Waals surface area contributed by atoms with E-state index >= 15 is 0 Å². The standard InChI is InChI=1S/C62H44N4O/c1-36-25-28-40(29-26-36)66-51-23-13-10-20-46(51)57-52(66)32-31-45-41-17-7-8-19-44(41)56(58(45)57)48-33-39(35-54-55(48)47-21-11-14-24-53(47)67-54)61-64-59(37-15-5-4-6-16-37)63-60(65-61)38-27-30-43-42-18-9-12-22-49(42)62(2,3)50(43)34-38/h4-25,27-36,56H,26H2,1-3H3. The predicted octanol–water partition coefficient (Wildman–Crippen LogP) is 15.8. The number of allylic oxidation sites excluding steroid dienone is 4. The van der Waals surface area contributed by atoms with Gasteiger partial charge in [0.15, 0.2) is 17.5 Å². The van der Waals surface area contributed by atoms with Gasteiger partial charge in [0.2, 0.25) is 0 Å². The predicted molar refractivity (Wildman–Crippen MR) is 274 cm³/mol. The van der Waals surface area contributed by atoms with Gasteiger partial charge in [0.25, 0.3) is 0 Å². The van der Waals surface area contributed by atoms with E-state index in [1.54, 1.807) is 0 Å². The van der Waals surface area contributed by atoms with Crippen molar-refractivity contribution in [1.29, 1.82) is 0 Å². The van der Waals surface area contributed by atoms with Crippen LogP contribution in [0.15, 0.2) is 193 Å². The highest BCUT2D eigenvalue weighted by molar-refractivity contribution is 6.16. The maximum Gasteiger partial charge on any atom is 0.164 e. The molecule has 0 spiro atoms. The minimum Gasteiger partial charge on any atom is -0.456 e. The van der Waals surface area contributed by atoms with Crippen LogP contribution in [0.5, 0.6) is 0 Å². The van der Waals surface area contributed by atoms with Crippen molar-refractivity contribution in [2.45, 2.75) is 38.5 Å². The summed E-state index contributed by atoms with van der Waals surface area (Å²) in [5.74, 6) is 2.26. The van der Waals surface area contributed by atoms with E-state index in [0.29, 0.717) is 23.4 Å². The first kappa shape index (κ1) is 38.2. The average Bonchev–Trinajstić information content (AvgIpc) is 4.09.